The molecule has 2 heterocycles. The van der Waals surface area contributed by atoms with Gasteiger partial charge < -0.3 is 20.2 Å². The Morgan fingerprint density at radius 3 is 3.24 bits per heavy atom. The lowest BCUT2D eigenvalue weighted by molar-refractivity contribution is -0.140. The van der Waals surface area contributed by atoms with Crippen molar-refractivity contribution in [2.24, 2.45) is 0 Å². The van der Waals surface area contributed by atoms with Crippen LogP contribution in [0, 0.1) is 0 Å². The van der Waals surface area contributed by atoms with Gasteiger partial charge in [-0.05, 0) is 6.92 Å². The van der Waals surface area contributed by atoms with Crippen LogP contribution in [0.15, 0.2) is 18.6 Å². The van der Waals surface area contributed by atoms with Gasteiger partial charge in [-0.3, -0.25) is 4.79 Å². The highest BCUT2D eigenvalue weighted by Gasteiger charge is 2.08. The van der Waals surface area contributed by atoms with Crippen LogP contribution in [0.3, 0.4) is 0 Å². The lowest BCUT2D eigenvalue weighted by Gasteiger charge is -2.07. The predicted octanol–water partition coefficient (Wildman–Crippen LogP) is 0.286. The number of nitrogens with one attached hydrogen (secondary N) is 1. The number of imidazole rings is 1. The largest absolute Gasteiger partial charge is 0.465 e. The van der Waals surface area contributed by atoms with Crippen LogP contribution in [0.1, 0.15) is 6.92 Å². The molecule has 0 bridgehead atoms. The number of carbonyl (C=O) groups is 1. The molecule has 0 aliphatic heterocycles. The van der Waals surface area contributed by atoms with E-state index in [-0.39, 0.29) is 12.5 Å². The van der Waals surface area contributed by atoms with E-state index in [1.165, 1.54) is 0 Å². The van der Waals surface area contributed by atoms with E-state index in [9.17, 15) is 4.79 Å². The second-order valence-electron chi connectivity index (χ2n) is 3.33. The molecule has 0 atom stereocenters. The summed E-state index contributed by atoms with van der Waals surface area (Å²) in [4.78, 5) is 19.4. The second kappa shape index (κ2) is 4.69. The fraction of sp³-hybridized carbons (Fsp3) is 0.300. The number of nitrogens with two attached hydrogens (primary N) is 1. The van der Waals surface area contributed by atoms with E-state index in [1.807, 2.05) is 0 Å². The predicted molar refractivity (Wildman–Crippen MR) is 62.5 cm³/mol. The fourth-order valence-electron chi connectivity index (χ4n) is 1.44. The molecular formula is C10H13N5O2. The first-order chi connectivity index (χ1) is 8.20. The number of hydrogen-bond acceptors (Lipinski definition) is 6. The zero-order valence-electron chi connectivity index (χ0n) is 9.38. The van der Waals surface area contributed by atoms with E-state index >= 15 is 0 Å². The third kappa shape index (κ3) is 2.44. The average molecular weight is 235 g/mol. The van der Waals surface area contributed by atoms with Gasteiger partial charge in [0.25, 0.3) is 0 Å². The first-order valence-corrected chi connectivity index (χ1v) is 5.19. The number of carbonyl (C=O) groups excluding carboxylic acids is 1. The summed E-state index contributed by atoms with van der Waals surface area (Å²) in [6, 6.07) is 0. The van der Waals surface area contributed by atoms with E-state index in [1.54, 1.807) is 29.9 Å². The van der Waals surface area contributed by atoms with Crippen molar-refractivity contribution in [2.45, 2.75) is 6.92 Å². The third-order valence-electron chi connectivity index (χ3n) is 2.10. The van der Waals surface area contributed by atoms with Crippen molar-refractivity contribution in [1.29, 1.82) is 0 Å². The van der Waals surface area contributed by atoms with E-state index in [0.717, 1.165) is 0 Å². The summed E-state index contributed by atoms with van der Waals surface area (Å²) in [6.45, 7) is 2.14. The molecule has 0 saturated carbocycles. The first kappa shape index (κ1) is 11.2. The first-order valence-electron chi connectivity index (χ1n) is 5.19. The van der Waals surface area contributed by atoms with Gasteiger partial charge in [-0.2, -0.15) is 0 Å². The smallest absolute Gasteiger partial charge is 0.325 e. The minimum Gasteiger partial charge on any atom is -0.465 e. The summed E-state index contributed by atoms with van der Waals surface area (Å²) in [5, 5.41) is 2.85. The zero-order valence-corrected chi connectivity index (χ0v) is 9.38. The Kier molecular flexibility index (Phi) is 3.08. The topological polar surface area (TPSA) is 94.5 Å². The summed E-state index contributed by atoms with van der Waals surface area (Å²) >= 11 is 0. The van der Waals surface area contributed by atoms with Gasteiger partial charge in [0.05, 0.1) is 12.8 Å². The summed E-state index contributed by atoms with van der Waals surface area (Å²) in [5.74, 6) is 0.464. The molecule has 7 heteroatoms. The van der Waals surface area contributed by atoms with E-state index in [4.69, 9.17) is 10.5 Å². The molecule has 0 aromatic carbocycles. The lowest BCUT2D eigenvalue weighted by atomic mass is 10.5. The number of rotatable bonds is 4. The monoisotopic (exact) mass is 235 g/mol. The Morgan fingerprint density at radius 1 is 1.65 bits per heavy atom. The highest BCUT2D eigenvalue weighted by molar-refractivity contribution is 5.77. The van der Waals surface area contributed by atoms with Gasteiger partial charge in [-0.15, -0.1) is 0 Å². The molecule has 0 spiro atoms. The molecule has 0 aliphatic carbocycles. The number of aromatic nitrogens is 3. The lowest BCUT2D eigenvalue weighted by Crippen LogP contribution is -2.18. The van der Waals surface area contributed by atoms with E-state index < -0.39 is 0 Å². The molecule has 0 unspecified atom stereocenters. The number of nitrogen functional groups attached to an aromatic ring is 1. The zero-order chi connectivity index (χ0) is 12.3. The van der Waals surface area contributed by atoms with Crippen molar-refractivity contribution in [3.05, 3.63) is 18.6 Å². The fourth-order valence-corrected chi connectivity index (χ4v) is 1.44. The summed E-state index contributed by atoms with van der Waals surface area (Å²) < 4.78 is 6.53. The van der Waals surface area contributed by atoms with E-state index in [0.29, 0.717) is 23.9 Å². The van der Waals surface area contributed by atoms with Crippen molar-refractivity contribution in [3.63, 3.8) is 0 Å². The number of nitrogens with zero attached hydrogens (tertiary/aromatic N) is 3. The van der Waals surface area contributed by atoms with Gasteiger partial charge in [-0.25, -0.2) is 9.97 Å². The van der Waals surface area contributed by atoms with Crippen LogP contribution in [-0.4, -0.2) is 33.5 Å². The van der Waals surface area contributed by atoms with Gasteiger partial charge in [0.2, 0.25) is 0 Å². The van der Waals surface area contributed by atoms with Crippen molar-refractivity contribution in [1.82, 2.24) is 14.4 Å². The van der Waals surface area contributed by atoms with Gasteiger partial charge in [0.15, 0.2) is 11.5 Å². The number of esters is 1. The van der Waals surface area contributed by atoms with Crippen LogP contribution < -0.4 is 11.1 Å². The van der Waals surface area contributed by atoms with Crippen LogP contribution >= 0.6 is 0 Å². The van der Waals surface area contributed by atoms with Crippen LogP contribution in [0.4, 0.5) is 11.6 Å². The summed E-state index contributed by atoms with van der Waals surface area (Å²) in [6.07, 6.45) is 5.03. The van der Waals surface area contributed by atoms with Crippen molar-refractivity contribution < 1.29 is 9.53 Å². The number of ether oxygens (including phenoxy) is 1. The number of fused-ring (bicyclic) bond motifs is 1. The molecule has 2 aromatic heterocycles. The minimum atomic E-state index is -0.346. The van der Waals surface area contributed by atoms with Gasteiger partial charge in [0.1, 0.15) is 12.4 Å². The quantitative estimate of drug-likeness (QED) is 0.739. The summed E-state index contributed by atoms with van der Waals surface area (Å²) in [7, 11) is 0. The third-order valence-corrected chi connectivity index (χ3v) is 2.10. The molecule has 3 N–H and O–H groups in total. The number of hydrogen-bond donors (Lipinski definition) is 2. The Labute approximate surface area is 97.6 Å². The van der Waals surface area contributed by atoms with Gasteiger partial charge in [0, 0.05) is 12.4 Å². The maximum atomic E-state index is 11.2. The Bertz CT molecular complexity index is 536. The number of anilines is 2. The molecule has 0 aliphatic rings. The van der Waals surface area contributed by atoms with Gasteiger partial charge >= 0.3 is 5.97 Å². The highest BCUT2D eigenvalue weighted by atomic mass is 16.5. The molecule has 0 fully saturated rings. The van der Waals surface area contributed by atoms with Crippen LogP contribution in [-0.2, 0) is 9.53 Å². The SMILES string of the molecule is CCOC(=O)CNc1nc(N)cn2ccnc12. The molecule has 0 amide bonds. The molecule has 7 nitrogen and oxygen atoms in total. The minimum absolute atomic E-state index is 0.0345. The Hall–Kier alpha value is -2.31. The summed E-state index contributed by atoms with van der Waals surface area (Å²) in [5.41, 5.74) is 6.25. The van der Waals surface area contributed by atoms with Gasteiger partial charge in [-0.1, -0.05) is 0 Å². The molecule has 0 radical (unpaired) electrons. The van der Waals surface area contributed by atoms with Crippen molar-refractivity contribution in [2.75, 3.05) is 24.2 Å². The molecule has 2 aromatic rings. The maximum absolute atomic E-state index is 11.2. The van der Waals surface area contributed by atoms with Crippen LogP contribution in [0.5, 0.6) is 0 Å². The Morgan fingerprint density at radius 2 is 2.47 bits per heavy atom. The molecule has 17 heavy (non-hydrogen) atoms. The van der Waals surface area contributed by atoms with Crippen molar-refractivity contribution in [3.8, 4) is 0 Å². The Balaban J connectivity index is 2.17. The molecule has 2 rings (SSSR count). The highest BCUT2D eigenvalue weighted by Crippen LogP contribution is 2.13. The standard InChI is InChI=1S/C10H13N5O2/c1-2-17-8(16)5-13-9-10-12-3-4-15(10)6-7(11)14-9/h3-4,6H,2,5,11H2,1H3,(H,13,14). The molecular weight excluding hydrogens is 222 g/mol. The molecule has 90 valence electrons. The van der Waals surface area contributed by atoms with Crippen LogP contribution in [0.25, 0.3) is 5.65 Å². The normalized spacial score (nSPS) is 10.4. The maximum Gasteiger partial charge on any atom is 0.325 e. The van der Waals surface area contributed by atoms with Crippen molar-refractivity contribution >= 4 is 23.3 Å². The second-order valence-corrected chi connectivity index (χ2v) is 3.33. The van der Waals surface area contributed by atoms with Crippen LogP contribution in [0.2, 0.25) is 0 Å². The van der Waals surface area contributed by atoms with E-state index in [2.05, 4.69) is 15.3 Å². The average Bonchev–Trinajstić information content (AvgIpc) is 2.74. The molecule has 0 saturated heterocycles.